The number of benzene rings is 2. The second kappa shape index (κ2) is 8.56. The molecule has 0 bridgehead atoms. The van der Waals surface area contributed by atoms with E-state index in [-0.39, 0.29) is 13.2 Å². The second-order valence-electron chi connectivity index (χ2n) is 5.52. The Morgan fingerprint density at radius 3 is 1.52 bits per heavy atom. The number of rotatable bonds is 8. The molecule has 2 N–H and O–H groups in total. The second-order valence-corrected chi connectivity index (χ2v) is 5.52. The van der Waals surface area contributed by atoms with Gasteiger partial charge < -0.3 is 19.7 Å². The first kappa shape index (κ1) is 17.3. The molecule has 0 atom stereocenters. The van der Waals surface area contributed by atoms with Gasteiger partial charge in [0, 0.05) is 0 Å². The van der Waals surface area contributed by atoms with E-state index in [1.165, 1.54) is 11.1 Å². The molecule has 0 aliphatic heterocycles. The van der Waals surface area contributed by atoms with Crippen LogP contribution in [0.15, 0.2) is 36.4 Å². The van der Waals surface area contributed by atoms with Gasteiger partial charge in [-0.05, 0) is 54.7 Å². The van der Waals surface area contributed by atoms with Gasteiger partial charge in [0.2, 0.25) is 0 Å². The molecular formula is C19H24O4. The Kier molecular flexibility index (Phi) is 6.44. The minimum absolute atomic E-state index is 0.0190. The van der Waals surface area contributed by atoms with E-state index in [2.05, 4.69) is 12.1 Å². The standard InChI is InChI=1S/C19H24O4/c1-14-11-16(3-5-18(14)22-9-7-20)13-17-4-6-19(15(2)12-17)23-10-8-21/h3-6,11-12,20-21H,7-10,13H2,1-2H3. The maximum atomic E-state index is 8.82. The summed E-state index contributed by atoms with van der Waals surface area (Å²) in [6, 6.07) is 12.2. The van der Waals surface area contributed by atoms with E-state index >= 15 is 0 Å². The third-order valence-corrected chi connectivity index (χ3v) is 3.58. The van der Waals surface area contributed by atoms with Crippen molar-refractivity contribution in [3.63, 3.8) is 0 Å². The summed E-state index contributed by atoms with van der Waals surface area (Å²) < 4.78 is 11.0. The number of ether oxygens (including phenoxy) is 2. The van der Waals surface area contributed by atoms with Crippen LogP contribution in [0.3, 0.4) is 0 Å². The average Bonchev–Trinajstić information content (AvgIpc) is 2.53. The first-order valence-corrected chi connectivity index (χ1v) is 7.80. The molecular weight excluding hydrogens is 292 g/mol. The largest absolute Gasteiger partial charge is 0.491 e. The Labute approximate surface area is 137 Å². The minimum Gasteiger partial charge on any atom is -0.491 e. The van der Waals surface area contributed by atoms with E-state index in [1.54, 1.807) is 0 Å². The first-order chi connectivity index (χ1) is 11.1. The van der Waals surface area contributed by atoms with Gasteiger partial charge in [0.05, 0.1) is 13.2 Å². The van der Waals surface area contributed by atoms with Gasteiger partial charge in [-0.15, -0.1) is 0 Å². The lowest BCUT2D eigenvalue weighted by Gasteiger charge is -2.12. The minimum atomic E-state index is 0.0190. The summed E-state index contributed by atoms with van der Waals surface area (Å²) in [7, 11) is 0. The molecule has 0 fully saturated rings. The molecule has 0 aromatic heterocycles. The molecule has 0 saturated heterocycles. The quantitative estimate of drug-likeness (QED) is 0.786. The predicted octanol–water partition coefficient (Wildman–Crippen LogP) is 2.64. The molecule has 2 aromatic carbocycles. The van der Waals surface area contributed by atoms with E-state index in [0.717, 1.165) is 29.0 Å². The van der Waals surface area contributed by atoms with Gasteiger partial charge in [-0.2, -0.15) is 0 Å². The zero-order valence-electron chi connectivity index (χ0n) is 13.7. The van der Waals surface area contributed by atoms with E-state index in [1.807, 2.05) is 38.1 Å². The highest BCUT2D eigenvalue weighted by Crippen LogP contribution is 2.23. The fraction of sp³-hybridized carbons (Fsp3) is 0.368. The van der Waals surface area contributed by atoms with Crippen LogP contribution in [0.1, 0.15) is 22.3 Å². The van der Waals surface area contributed by atoms with Crippen molar-refractivity contribution < 1.29 is 19.7 Å². The molecule has 0 aliphatic carbocycles. The van der Waals surface area contributed by atoms with Crippen molar-refractivity contribution in [1.29, 1.82) is 0 Å². The van der Waals surface area contributed by atoms with E-state index < -0.39 is 0 Å². The van der Waals surface area contributed by atoms with Gasteiger partial charge in [-0.1, -0.05) is 24.3 Å². The smallest absolute Gasteiger partial charge is 0.122 e. The summed E-state index contributed by atoms with van der Waals surface area (Å²) in [5.41, 5.74) is 4.55. The zero-order valence-corrected chi connectivity index (χ0v) is 13.7. The Hall–Kier alpha value is -2.04. The van der Waals surface area contributed by atoms with Crippen molar-refractivity contribution in [2.45, 2.75) is 20.3 Å². The maximum Gasteiger partial charge on any atom is 0.122 e. The molecule has 0 unspecified atom stereocenters. The van der Waals surface area contributed by atoms with Crippen LogP contribution in [-0.4, -0.2) is 36.6 Å². The Bertz CT molecular complexity index is 582. The Balaban J connectivity index is 2.07. The van der Waals surface area contributed by atoms with E-state index in [0.29, 0.717) is 13.2 Å². The summed E-state index contributed by atoms with van der Waals surface area (Å²) in [6.45, 7) is 4.68. The van der Waals surface area contributed by atoms with Crippen LogP contribution in [-0.2, 0) is 6.42 Å². The fourth-order valence-corrected chi connectivity index (χ4v) is 2.51. The van der Waals surface area contributed by atoms with Crippen LogP contribution >= 0.6 is 0 Å². The lowest BCUT2D eigenvalue weighted by Crippen LogP contribution is -2.03. The number of aryl methyl sites for hydroxylation is 2. The molecule has 23 heavy (non-hydrogen) atoms. The summed E-state index contributed by atoms with van der Waals surface area (Å²) in [5.74, 6) is 1.62. The third kappa shape index (κ3) is 4.98. The first-order valence-electron chi connectivity index (χ1n) is 7.80. The molecule has 4 heteroatoms. The molecule has 0 saturated carbocycles. The van der Waals surface area contributed by atoms with Gasteiger partial charge in [-0.25, -0.2) is 0 Å². The topological polar surface area (TPSA) is 58.9 Å². The summed E-state index contributed by atoms with van der Waals surface area (Å²) in [6.07, 6.45) is 0.836. The number of hydrogen-bond donors (Lipinski definition) is 2. The molecule has 124 valence electrons. The average molecular weight is 316 g/mol. The normalized spacial score (nSPS) is 10.6. The van der Waals surface area contributed by atoms with Gasteiger partial charge in [0.25, 0.3) is 0 Å². The number of aliphatic hydroxyl groups is 2. The van der Waals surface area contributed by atoms with Crippen LogP contribution in [0, 0.1) is 13.8 Å². The lowest BCUT2D eigenvalue weighted by molar-refractivity contribution is 0.200. The molecule has 2 aromatic rings. The fourth-order valence-electron chi connectivity index (χ4n) is 2.51. The van der Waals surface area contributed by atoms with Crippen LogP contribution < -0.4 is 9.47 Å². The van der Waals surface area contributed by atoms with Crippen molar-refractivity contribution in [1.82, 2.24) is 0 Å². The van der Waals surface area contributed by atoms with Crippen molar-refractivity contribution in [2.75, 3.05) is 26.4 Å². The van der Waals surface area contributed by atoms with Crippen molar-refractivity contribution in [3.8, 4) is 11.5 Å². The highest BCUT2D eigenvalue weighted by Gasteiger charge is 2.05. The van der Waals surface area contributed by atoms with E-state index in [4.69, 9.17) is 19.7 Å². The van der Waals surface area contributed by atoms with Crippen molar-refractivity contribution in [2.24, 2.45) is 0 Å². The van der Waals surface area contributed by atoms with Crippen molar-refractivity contribution in [3.05, 3.63) is 58.7 Å². The summed E-state index contributed by atoms with van der Waals surface area (Å²) >= 11 is 0. The highest BCUT2D eigenvalue weighted by atomic mass is 16.5. The predicted molar refractivity (Wildman–Crippen MR) is 90.3 cm³/mol. The number of aliphatic hydroxyl groups excluding tert-OH is 2. The van der Waals surface area contributed by atoms with Gasteiger partial charge in [-0.3, -0.25) is 0 Å². The van der Waals surface area contributed by atoms with Crippen molar-refractivity contribution >= 4 is 0 Å². The Morgan fingerprint density at radius 2 is 1.17 bits per heavy atom. The van der Waals surface area contributed by atoms with Gasteiger partial charge >= 0.3 is 0 Å². The lowest BCUT2D eigenvalue weighted by atomic mass is 10.0. The third-order valence-electron chi connectivity index (χ3n) is 3.58. The Morgan fingerprint density at radius 1 is 0.739 bits per heavy atom. The number of hydrogen-bond acceptors (Lipinski definition) is 4. The summed E-state index contributed by atoms with van der Waals surface area (Å²) in [4.78, 5) is 0. The highest BCUT2D eigenvalue weighted by molar-refractivity contribution is 5.41. The van der Waals surface area contributed by atoms with Crippen LogP contribution in [0.5, 0.6) is 11.5 Å². The van der Waals surface area contributed by atoms with Crippen LogP contribution in [0.4, 0.5) is 0 Å². The molecule has 0 aliphatic rings. The maximum absolute atomic E-state index is 8.82. The molecule has 0 heterocycles. The summed E-state index contributed by atoms with van der Waals surface area (Å²) in [5, 5.41) is 17.6. The zero-order chi connectivity index (χ0) is 16.7. The van der Waals surface area contributed by atoms with E-state index in [9.17, 15) is 0 Å². The van der Waals surface area contributed by atoms with Gasteiger partial charge in [0.1, 0.15) is 24.7 Å². The molecule has 0 spiro atoms. The molecule has 0 amide bonds. The molecule has 4 nitrogen and oxygen atoms in total. The SMILES string of the molecule is Cc1cc(Cc2ccc(OCCO)c(C)c2)ccc1OCCO. The molecule has 0 radical (unpaired) electrons. The van der Waals surface area contributed by atoms with Crippen LogP contribution in [0.25, 0.3) is 0 Å². The van der Waals surface area contributed by atoms with Gasteiger partial charge in [0.15, 0.2) is 0 Å². The molecule has 2 rings (SSSR count). The monoisotopic (exact) mass is 316 g/mol. The van der Waals surface area contributed by atoms with Crippen LogP contribution in [0.2, 0.25) is 0 Å².